The number of halogens is 3. The Bertz CT molecular complexity index is 228. The van der Waals surface area contributed by atoms with Crippen molar-refractivity contribution in [2.24, 2.45) is 9.98 Å². The van der Waals surface area contributed by atoms with Gasteiger partial charge in [-0.2, -0.15) is 0 Å². The molecule has 0 aromatic heterocycles. The van der Waals surface area contributed by atoms with Crippen molar-refractivity contribution < 1.29 is 8.78 Å². The van der Waals surface area contributed by atoms with Gasteiger partial charge in [-0.15, -0.1) is 0 Å². The van der Waals surface area contributed by atoms with Crippen molar-refractivity contribution in [2.45, 2.75) is 19.8 Å². The minimum absolute atomic E-state index is 0.00553. The summed E-state index contributed by atoms with van der Waals surface area (Å²) in [4.78, 5) is 6.77. The van der Waals surface area contributed by atoms with Crippen LogP contribution in [0.25, 0.3) is 0 Å². The fourth-order valence-corrected chi connectivity index (χ4v) is 0.335. The molecule has 0 amide bonds. The van der Waals surface area contributed by atoms with Crippen LogP contribution in [-0.2, 0) is 0 Å². The standard InChI is InChI=1S/C7H9ClF2N2/c1-5(7(3,9)10)11-4-12-6(2)8/h4H,2H2,1,3H3/b11-5+,12-4-. The topological polar surface area (TPSA) is 24.7 Å². The van der Waals surface area contributed by atoms with E-state index in [1.54, 1.807) is 0 Å². The molecule has 0 N–H and O–H groups in total. The van der Waals surface area contributed by atoms with Gasteiger partial charge in [-0.05, 0) is 6.92 Å². The molecule has 0 atom stereocenters. The lowest BCUT2D eigenvalue weighted by Gasteiger charge is -2.06. The predicted octanol–water partition coefficient (Wildman–Crippen LogP) is 2.84. The number of aliphatic imine (C=N–C) groups is 2. The summed E-state index contributed by atoms with van der Waals surface area (Å²) < 4.78 is 24.8. The van der Waals surface area contributed by atoms with Gasteiger partial charge in [0.15, 0.2) is 0 Å². The van der Waals surface area contributed by atoms with E-state index in [0.717, 1.165) is 13.3 Å². The smallest absolute Gasteiger partial charge is 0.240 e. The Morgan fingerprint density at radius 3 is 2.42 bits per heavy atom. The van der Waals surface area contributed by atoms with Crippen LogP contribution < -0.4 is 0 Å². The zero-order valence-corrected chi connectivity index (χ0v) is 7.57. The first-order valence-electron chi connectivity index (χ1n) is 3.13. The molecule has 0 rings (SSSR count). The minimum Gasteiger partial charge on any atom is -0.240 e. The summed E-state index contributed by atoms with van der Waals surface area (Å²) in [6.45, 7) is 5.20. The molecule has 0 aliphatic heterocycles. The highest BCUT2D eigenvalue weighted by Gasteiger charge is 2.24. The van der Waals surface area contributed by atoms with E-state index in [9.17, 15) is 8.78 Å². The molecular weight excluding hydrogens is 186 g/mol. The molecule has 0 heterocycles. The van der Waals surface area contributed by atoms with E-state index < -0.39 is 5.92 Å². The number of hydrogen-bond acceptors (Lipinski definition) is 1. The molecule has 2 nitrogen and oxygen atoms in total. The maximum absolute atomic E-state index is 12.4. The zero-order chi connectivity index (χ0) is 9.78. The van der Waals surface area contributed by atoms with E-state index in [4.69, 9.17) is 11.6 Å². The fourth-order valence-electron chi connectivity index (χ4n) is 0.291. The Hall–Kier alpha value is -0.770. The minimum atomic E-state index is -2.92. The average Bonchev–Trinajstić information content (AvgIpc) is 1.84. The quantitative estimate of drug-likeness (QED) is 0.375. The first kappa shape index (κ1) is 11.2. The lowest BCUT2D eigenvalue weighted by Crippen LogP contribution is -2.21. The largest absolute Gasteiger partial charge is 0.283 e. The molecule has 0 aromatic carbocycles. The molecule has 0 aromatic rings. The highest BCUT2D eigenvalue weighted by atomic mass is 35.5. The molecule has 68 valence electrons. The van der Waals surface area contributed by atoms with Gasteiger partial charge in [0, 0.05) is 6.92 Å². The normalized spacial score (nSPS) is 13.9. The van der Waals surface area contributed by atoms with Crippen molar-refractivity contribution in [2.75, 3.05) is 0 Å². The molecule has 0 aliphatic rings. The van der Waals surface area contributed by atoms with E-state index in [-0.39, 0.29) is 10.9 Å². The van der Waals surface area contributed by atoms with Crippen molar-refractivity contribution in [1.29, 1.82) is 0 Å². The fraction of sp³-hybridized carbons (Fsp3) is 0.429. The molecule has 12 heavy (non-hydrogen) atoms. The third kappa shape index (κ3) is 4.96. The highest BCUT2D eigenvalue weighted by molar-refractivity contribution is 6.29. The van der Waals surface area contributed by atoms with Gasteiger partial charge in [-0.25, -0.2) is 18.8 Å². The van der Waals surface area contributed by atoms with Gasteiger partial charge in [0.05, 0.1) is 5.71 Å². The monoisotopic (exact) mass is 194 g/mol. The SMILES string of the molecule is C=C(Cl)/N=C\N=C(/C)C(C)(F)F. The second kappa shape index (κ2) is 4.30. The van der Waals surface area contributed by atoms with Gasteiger partial charge in [0.1, 0.15) is 11.5 Å². The van der Waals surface area contributed by atoms with Gasteiger partial charge in [-0.1, -0.05) is 18.2 Å². The van der Waals surface area contributed by atoms with Crippen molar-refractivity contribution in [3.05, 3.63) is 11.7 Å². The molecule has 0 fully saturated rings. The van der Waals surface area contributed by atoms with E-state index >= 15 is 0 Å². The predicted molar refractivity (Wildman–Crippen MR) is 47.2 cm³/mol. The highest BCUT2D eigenvalue weighted by Crippen LogP contribution is 2.13. The molecule has 0 bridgehead atoms. The van der Waals surface area contributed by atoms with Crippen LogP contribution in [-0.4, -0.2) is 18.0 Å². The first-order valence-corrected chi connectivity index (χ1v) is 3.51. The van der Waals surface area contributed by atoms with E-state index in [1.165, 1.54) is 6.92 Å². The van der Waals surface area contributed by atoms with E-state index in [0.29, 0.717) is 0 Å². The van der Waals surface area contributed by atoms with Crippen molar-refractivity contribution in [3.63, 3.8) is 0 Å². The third-order valence-corrected chi connectivity index (χ3v) is 1.18. The van der Waals surface area contributed by atoms with Crippen LogP contribution in [0, 0.1) is 0 Å². The van der Waals surface area contributed by atoms with Crippen LogP contribution in [0.4, 0.5) is 8.78 Å². The van der Waals surface area contributed by atoms with Crippen molar-refractivity contribution in [1.82, 2.24) is 0 Å². The summed E-state index contributed by atoms with van der Waals surface area (Å²) in [6.07, 6.45) is 0.947. The number of hydrogen-bond donors (Lipinski definition) is 0. The van der Waals surface area contributed by atoms with Crippen LogP contribution >= 0.6 is 11.6 Å². The van der Waals surface area contributed by atoms with Crippen LogP contribution in [0.2, 0.25) is 0 Å². The lowest BCUT2D eigenvalue weighted by molar-refractivity contribution is 0.1000. The Morgan fingerprint density at radius 1 is 1.58 bits per heavy atom. The molecule has 0 aliphatic carbocycles. The molecule has 0 unspecified atom stereocenters. The van der Waals surface area contributed by atoms with Crippen LogP contribution in [0.3, 0.4) is 0 Å². The summed E-state index contributed by atoms with van der Waals surface area (Å²) in [5, 5.41) is 0.00553. The molecular formula is C7H9ClF2N2. The van der Waals surface area contributed by atoms with Crippen molar-refractivity contribution in [3.8, 4) is 0 Å². The Labute approximate surface area is 74.7 Å². The lowest BCUT2D eigenvalue weighted by atomic mass is 10.2. The molecule has 0 saturated heterocycles. The Balaban J connectivity index is 4.29. The Morgan fingerprint density at radius 2 is 2.08 bits per heavy atom. The summed E-state index contributed by atoms with van der Waals surface area (Å²) >= 11 is 5.23. The molecule has 0 spiro atoms. The van der Waals surface area contributed by atoms with Gasteiger partial charge in [-0.3, -0.25) is 0 Å². The summed E-state index contributed by atoms with van der Waals surface area (Å²) in [6, 6.07) is 0. The maximum atomic E-state index is 12.4. The van der Waals surface area contributed by atoms with Crippen LogP contribution in [0.15, 0.2) is 21.7 Å². The summed E-state index contributed by atoms with van der Waals surface area (Å²) in [5.74, 6) is -2.92. The maximum Gasteiger partial charge on any atom is 0.283 e. The number of alkyl halides is 2. The first-order chi connectivity index (χ1) is 5.34. The van der Waals surface area contributed by atoms with Gasteiger partial charge in [0.25, 0.3) is 5.92 Å². The van der Waals surface area contributed by atoms with Gasteiger partial charge >= 0.3 is 0 Å². The average molecular weight is 195 g/mol. The van der Waals surface area contributed by atoms with Crippen molar-refractivity contribution >= 4 is 23.7 Å². The number of rotatable bonds is 3. The number of nitrogens with zero attached hydrogens (tertiary/aromatic N) is 2. The van der Waals surface area contributed by atoms with Crippen LogP contribution in [0.1, 0.15) is 13.8 Å². The van der Waals surface area contributed by atoms with Gasteiger partial charge in [0.2, 0.25) is 0 Å². The third-order valence-electron chi connectivity index (χ3n) is 1.08. The Kier molecular flexibility index (Phi) is 4.03. The second-order valence-electron chi connectivity index (χ2n) is 2.22. The zero-order valence-electron chi connectivity index (χ0n) is 6.81. The van der Waals surface area contributed by atoms with E-state index in [1.807, 2.05) is 0 Å². The summed E-state index contributed by atoms with van der Waals surface area (Å²) in [7, 11) is 0. The van der Waals surface area contributed by atoms with Crippen LogP contribution in [0.5, 0.6) is 0 Å². The second-order valence-corrected chi connectivity index (χ2v) is 2.66. The van der Waals surface area contributed by atoms with Gasteiger partial charge < -0.3 is 0 Å². The van der Waals surface area contributed by atoms with E-state index in [2.05, 4.69) is 16.6 Å². The molecule has 0 saturated carbocycles. The molecule has 5 heteroatoms. The summed E-state index contributed by atoms with van der Waals surface area (Å²) in [5.41, 5.74) is -0.316. The molecule has 0 radical (unpaired) electrons.